The molecule has 2 aromatic heterocycles. The summed E-state index contributed by atoms with van der Waals surface area (Å²) < 4.78 is 1.35. The van der Waals surface area contributed by atoms with Crippen LogP contribution in [0.3, 0.4) is 0 Å². The number of hydrogen-bond donors (Lipinski definition) is 1. The van der Waals surface area contributed by atoms with Gasteiger partial charge in [-0.25, -0.2) is 9.50 Å². The molecule has 0 aliphatic carbocycles. The van der Waals surface area contributed by atoms with Crippen molar-refractivity contribution in [1.29, 1.82) is 0 Å². The van der Waals surface area contributed by atoms with Crippen LogP contribution in [0.1, 0.15) is 35.3 Å². The molecule has 2 bridgehead atoms. The van der Waals surface area contributed by atoms with Gasteiger partial charge < -0.3 is 4.90 Å². The van der Waals surface area contributed by atoms with Crippen LogP contribution in [0.15, 0.2) is 17.1 Å². The third-order valence-corrected chi connectivity index (χ3v) is 5.29. The second kappa shape index (κ2) is 5.19. The molecule has 7 nitrogen and oxygen atoms in total. The van der Waals surface area contributed by atoms with E-state index in [1.54, 1.807) is 6.07 Å². The molecule has 2 saturated heterocycles. The number of H-pyrrole nitrogens is 1. The molecule has 2 aliphatic rings. The molecule has 2 aliphatic heterocycles. The quantitative estimate of drug-likeness (QED) is 0.838. The lowest BCUT2D eigenvalue weighted by molar-refractivity contribution is 0.0737. The highest BCUT2D eigenvalue weighted by Gasteiger charge is 2.36. The van der Waals surface area contributed by atoms with Crippen molar-refractivity contribution in [1.82, 2.24) is 24.4 Å². The van der Waals surface area contributed by atoms with E-state index in [0.717, 1.165) is 18.5 Å². The van der Waals surface area contributed by atoms with E-state index in [0.29, 0.717) is 30.8 Å². The van der Waals surface area contributed by atoms with E-state index < -0.39 is 0 Å². The molecule has 0 unspecified atom stereocenters. The fraction of sp³-hybridized carbons (Fsp3) is 0.562. The first-order valence-electron chi connectivity index (χ1n) is 8.13. The van der Waals surface area contributed by atoms with E-state index in [1.165, 1.54) is 17.1 Å². The van der Waals surface area contributed by atoms with Crippen LogP contribution in [0.2, 0.25) is 0 Å². The van der Waals surface area contributed by atoms with E-state index in [1.807, 2.05) is 11.8 Å². The Labute approximate surface area is 133 Å². The maximum atomic E-state index is 12.8. The SMILES string of the molecule is Cc1cc2ncc(C(=O)N3CC[C@@H]4CC[C@H](C3)N4C)c(=O)n2[nH]1. The number of fused-ring (bicyclic) bond motifs is 3. The van der Waals surface area contributed by atoms with Crippen molar-refractivity contribution < 1.29 is 4.79 Å². The van der Waals surface area contributed by atoms with Crippen molar-refractivity contribution in [2.45, 2.75) is 38.3 Å². The summed E-state index contributed by atoms with van der Waals surface area (Å²) in [5.74, 6) is -0.204. The number of aryl methyl sites for hydroxylation is 1. The number of hydrogen-bond acceptors (Lipinski definition) is 4. The molecule has 2 fully saturated rings. The lowest BCUT2D eigenvalue weighted by atomic mass is 10.1. The molecule has 4 rings (SSSR count). The predicted molar refractivity (Wildman–Crippen MR) is 85.6 cm³/mol. The van der Waals surface area contributed by atoms with Gasteiger partial charge in [0.2, 0.25) is 0 Å². The maximum Gasteiger partial charge on any atom is 0.285 e. The first-order chi connectivity index (χ1) is 11.0. The van der Waals surface area contributed by atoms with Gasteiger partial charge in [-0.15, -0.1) is 0 Å². The summed E-state index contributed by atoms with van der Waals surface area (Å²) in [6.45, 7) is 3.25. The summed E-state index contributed by atoms with van der Waals surface area (Å²) in [6, 6.07) is 2.75. The lowest BCUT2D eigenvalue weighted by Crippen LogP contribution is -2.41. The number of carbonyl (C=O) groups excluding carboxylic acids is 1. The predicted octanol–water partition coefficient (Wildman–Crippen LogP) is 0.640. The van der Waals surface area contributed by atoms with Gasteiger partial charge in [-0.2, -0.15) is 0 Å². The molecule has 2 aromatic rings. The number of nitrogens with one attached hydrogen (secondary N) is 1. The Morgan fingerprint density at radius 2 is 2.09 bits per heavy atom. The smallest absolute Gasteiger partial charge is 0.285 e. The van der Waals surface area contributed by atoms with Gasteiger partial charge in [-0.1, -0.05) is 0 Å². The van der Waals surface area contributed by atoms with Gasteiger partial charge >= 0.3 is 0 Å². The monoisotopic (exact) mass is 315 g/mol. The molecule has 2 atom stereocenters. The molecule has 1 N–H and O–H groups in total. The zero-order valence-corrected chi connectivity index (χ0v) is 13.5. The number of aromatic nitrogens is 3. The zero-order chi connectivity index (χ0) is 16.1. The average molecular weight is 315 g/mol. The van der Waals surface area contributed by atoms with Gasteiger partial charge in [-0.05, 0) is 33.2 Å². The van der Waals surface area contributed by atoms with Crippen LogP contribution in [0, 0.1) is 6.92 Å². The van der Waals surface area contributed by atoms with Crippen LogP contribution >= 0.6 is 0 Å². The summed E-state index contributed by atoms with van der Waals surface area (Å²) in [7, 11) is 2.14. The van der Waals surface area contributed by atoms with Crippen molar-refractivity contribution in [3.63, 3.8) is 0 Å². The minimum atomic E-state index is -0.323. The molecule has 1 amide bonds. The molecule has 0 saturated carbocycles. The van der Waals surface area contributed by atoms with Gasteiger partial charge in [0.15, 0.2) is 5.65 Å². The van der Waals surface area contributed by atoms with E-state index in [9.17, 15) is 9.59 Å². The van der Waals surface area contributed by atoms with Crippen molar-refractivity contribution in [3.8, 4) is 0 Å². The van der Waals surface area contributed by atoms with Gasteiger partial charge in [0, 0.05) is 43.1 Å². The van der Waals surface area contributed by atoms with Gasteiger partial charge in [0.25, 0.3) is 11.5 Å². The van der Waals surface area contributed by atoms with Crippen LogP contribution in [0.4, 0.5) is 0 Å². The maximum absolute atomic E-state index is 12.8. The van der Waals surface area contributed by atoms with Crippen LogP contribution in [0.5, 0.6) is 0 Å². The third-order valence-electron chi connectivity index (χ3n) is 5.29. The van der Waals surface area contributed by atoms with Gasteiger partial charge in [0.05, 0.1) is 0 Å². The van der Waals surface area contributed by atoms with E-state index in [-0.39, 0.29) is 17.0 Å². The van der Waals surface area contributed by atoms with Crippen molar-refractivity contribution in [2.75, 3.05) is 20.1 Å². The first-order valence-corrected chi connectivity index (χ1v) is 8.13. The Bertz CT molecular complexity index is 823. The third kappa shape index (κ3) is 2.26. The fourth-order valence-corrected chi connectivity index (χ4v) is 3.89. The summed E-state index contributed by atoms with van der Waals surface area (Å²) in [6.07, 6.45) is 4.72. The number of amides is 1. The molecular weight excluding hydrogens is 294 g/mol. The standard InChI is InChI=1S/C16H21N5O2/c1-10-7-14-17-8-13(16(23)21(14)18-10)15(22)20-6-5-11-3-4-12(9-20)19(11)2/h7-8,11-12,18H,3-6,9H2,1-2H3/t11-,12+/m0/s1. The molecule has 0 aromatic carbocycles. The summed E-state index contributed by atoms with van der Waals surface area (Å²) >= 11 is 0. The number of nitrogens with zero attached hydrogens (tertiary/aromatic N) is 4. The topological polar surface area (TPSA) is 73.7 Å². The Balaban J connectivity index is 1.66. The minimum absolute atomic E-state index is 0.143. The summed E-state index contributed by atoms with van der Waals surface area (Å²) in [4.78, 5) is 33.9. The number of likely N-dealkylation sites (N-methyl/N-ethyl adjacent to an activating group) is 1. The highest BCUT2D eigenvalue weighted by atomic mass is 16.2. The minimum Gasteiger partial charge on any atom is -0.337 e. The Morgan fingerprint density at radius 1 is 1.30 bits per heavy atom. The van der Waals surface area contributed by atoms with Crippen molar-refractivity contribution >= 4 is 11.6 Å². The number of aromatic amines is 1. The molecule has 0 spiro atoms. The Hall–Kier alpha value is -2.15. The van der Waals surface area contributed by atoms with Crippen molar-refractivity contribution in [3.05, 3.63) is 33.9 Å². The van der Waals surface area contributed by atoms with Crippen LogP contribution in [-0.2, 0) is 0 Å². The van der Waals surface area contributed by atoms with Crippen LogP contribution in [-0.4, -0.2) is 62.5 Å². The normalized spacial score (nSPS) is 25.0. The van der Waals surface area contributed by atoms with Crippen LogP contribution in [0.25, 0.3) is 5.65 Å². The summed E-state index contributed by atoms with van der Waals surface area (Å²) in [5.41, 5.74) is 1.20. The lowest BCUT2D eigenvalue weighted by Gasteiger charge is -2.25. The molecule has 122 valence electrons. The number of likely N-dealkylation sites (tertiary alicyclic amines) is 1. The summed E-state index contributed by atoms with van der Waals surface area (Å²) in [5, 5.41) is 2.93. The largest absolute Gasteiger partial charge is 0.337 e. The van der Waals surface area contributed by atoms with E-state index in [2.05, 4.69) is 22.0 Å². The first kappa shape index (κ1) is 14.4. The highest BCUT2D eigenvalue weighted by molar-refractivity contribution is 5.93. The van der Waals surface area contributed by atoms with Gasteiger partial charge in [-0.3, -0.25) is 19.6 Å². The molecule has 0 radical (unpaired) electrons. The van der Waals surface area contributed by atoms with E-state index >= 15 is 0 Å². The average Bonchev–Trinajstić information content (AvgIpc) is 2.99. The second-order valence-electron chi connectivity index (χ2n) is 6.70. The molecule has 23 heavy (non-hydrogen) atoms. The Kier molecular flexibility index (Phi) is 3.26. The Morgan fingerprint density at radius 3 is 2.91 bits per heavy atom. The zero-order valence-electron chi connectivity index (χ0n) is 13.5. The van der Waals surface area contributed by atoms with Gasteiger partial charge in [0.1, 0.15) is 5.56 Å². The second-order valence-corrected chi connectivity index (χ2v) is 6.70. The fourth-order valence-electron chi connectivity index (χ4n) is 3.89. The van der Waals surface area contributed by atoms with E-state index in [4.69, 9.17) is 0 Å². The number of rotatable bonds is 1. The molecule has 7 heteroatoms. The van der Waals surface area contributed by atoms with Crippen molar-refractivity contribution in [2.24, 2.45) is 0 Å². The number of carbonyl (C=O) groups is 1. The molecular formula is C16H21N5O2. The highest BCUT2D eigenvalue weighted by Crippen LogP contribution is 2.28. The molecule has 4 heterocycles. The van der Waals surface area contributed by atoms with Crippen LogP contribution < -0.4 is 5.56 Å².